The van der Waals surface area contributed by atoms with Crippen molar-refractivity contribution in [2.24, 2.45) is 0 Å². The molecule has 2 rings (SSSR count). The van der Waals surface area contributed by atoms with Gasteiger partial charge in [-0.3, -0.25) is 0 Å². The average Bonchev–Trinajstić information content (AvgIpc) is 2.73. The van der Waals surface area contributed by atoms with Crippen molar-refractivity contribution in [3.8, 4) is 0 Å². The standard InChI is InChI=1S/C10H12BrN3S/c11-4-1-2-6-15-10-8-3-5-12-9(8)13-7-14-10/h3,5,7H,1-2,4,6H2,(H,12,13,14). The minimum atomic E-state index is 0.924. The summed E-state index contributed by atoms with van der Waals surface area (Å²) in [5.41, 5.74) is 0.924. The molecule has 0 atom stereocenters. The van der Waals surface area contributed by atoms with Crippen LogP contribution in [0.15, 0.2) is 23.6 Å². The molecule has 0 amide bonds. The van der Waals surface area contributed by atoms with Gasteiger partial charge in [0, 0.05) is 11.5 Å². The first-order chi connectivity index (χ1) is 7.42. The first-order valence-electron chi connectivity index (χ1n) is 4.88. The fourth-order valence-corrected chi connectivity index (χ4v) is 2.71. The molecule has 0 fully saturated rings. The molecule has 2 aromatic rings. The number of nitrogens with zero attached hydrogens (tertiary/aromatic N) is 2. The Morgan fingerprint density at radius 3 is 3.13 bits per heavy atom. The maximum Gasteiger partial charge on any atom is 0.141 e. The number of halogens is 1. The Balaban J connectivity index is 2.04. The van der Waals surface area contributed by atoms with E-state index in [1.54, 1.807) is 18.1 Å². The molecule has 0 aliphatic carbocycles. The zero-order chi connectivity index (χ0) is 10.5. The quantitative estimate of drug-likeness (QED) is 0.397. The number of hydrogen-bond acceptors (Lipinski definition) is 3. The fourth-order valence-electron chi connectivity index (χ4n) is 1.33. The molecule has 0 radical (unpaired) electrons. The van der Waals surface area contributed by atoms with E-state index < -0.39 is 0 Å². The second-order valence-electron chi connectivity index (χ2n) is 3.16. The highest BCUT2D eigenvalue weighted by Gasteiger charge is 2.03. The maximum atomic E-state index is 4.30. The summed E-state index contributed by atoms with van der Waals surface area (Å²) in [5.74, 6) is 1.11. The first kappa shape index (κ1) is 11.0. The van der Waals surface area contributed by atoms with Gasteiger partial charge in [0.25, 0.3) is 0 Å². The van der Waals surface area contributed by atoms with Crippen molar-refractivity contribution in [2.75, 3.05) is 11.1 Å². The summed E-state index contributed by atoms with van der Waals surface area (Å²) in [6.45, 7) is 0. The van der Waals surface area contributed by atoms with Crippen molar-refractivity contribution < 1.29 is 0 Å². The average molecular weight is 286 g/mol. The summed E-state index contributed by atoms with van der Waals surface area (Å²) in [7, 11) is 0. The van der Waals surface area contributed by atoms with Crippen molar-refractivity contribution >= 4 is 38.7 Å². The Bertz CT molecular complexity index is 429. The molecule has 15 heavy (non-hydrogen) atoms. The summed E-state index contributed by atoms with van der Waals surface area (Å²) in [6, 6.07) is 2.03. The minimum absolute atomic E-state index is 0.924. The first-order valence-corrected chi connectivity index (χ1v) is 6.99. The van der Waals surface area contributed by atoms with E-state index in [-0.39, 0.29) is 0 Å². The highest BCUT2D eigenvalue weighted by atomic mass is 79.9. The van der Waals surface area contributed by atoms with Gasteiger partial charge in [-0.1, -0.05) is 15.9 Å². The number of fused-ring (bicyclic) bond motifs is 1. The highest BCUT2D eigenvalue weighted by molar-refractivity contribution is 9.09. The Labute approximate surface area is 101 Å². The monoisotopic (exact) mass is 285 g/mol. The molecule has 1 N–H and O–H groups in total. The molecule has 0 saturated carbocycles. The van der Waals surface area contributed by atoms with E-state index in [0.717, 1.165) is 27.1 Å². The molecule has 5 heteroatoms. The lowest BCUT2D eigenvalue weighted by Crippen LogP contribution is -1.87. The number of nitrogens with one attached hydrogen (secondary N) is 1. The summed E-state index contributed by atoms with van der Waals surface area (Å²) in [5, 5.41) is 3.29. The third-order valence-electron chi connectivity index (χ3n) is 2.08. The van der Waals surface area contributed by atoms with Gasteiger partial charge in [0.2, 0.25) is 0 Å². The van der Waals surface area contributed by atoms with Gasteiger partial charge in [-0.2, -0.15) is 0 Å². The molecule has 0 spiro atoms. The Morgan fingerprint density at radius 2 is 2.27 bits per heavy atom. The van der Waals surface area contributed by atoms with Crippen molar-refractivity contribution in [3.63, 3.8) is 0 Å². The van der Waals surface area contributed by atoms with E-state index in [0.29, 0.717) is 0 Å². The molecule has 0 aliphatic rings. The van der Waals surface area contributed by atoms with Crippen LogP contribution in [0, 0.1) is 0 Å². The summed E-state index contributed by atoms with van der Waals surface area (Å²) >= 11 is 5.23. The summed E-state index contributed by atoms with van der Waals surface area (Å²) < 4.78 is 0. The van der Waals surface area contributed by atoms with Crippen LogP contribution >= 0.6 is 27.7 Å². The predicted molar refractivity (Wildman–Crippen MR) is 67.6 cm³/mol. The van der Waals surface area contributed by atoms with Crippen molar-refractivity contribution in [3.05, 3.63) is 18.6 Å². The van der Waals surface area contributed by atoms with Crippen molar-refractivity contribution in [2.45, 2.75) is 17.9 Å². The summed E-state index contributed by atoms with van der Waals surface area (Å²) in [4.78, 5) is 11.5. The van der Waals surface area contributed by atoms with E-state index in [1.807, 2.05) is 12.3 Å². The Kier molecular flexibility index (Phi) is 4.02. The minimum Gasteiger partial charge on any atom is -0.346 e. The molecule has 3 nitrogen and oxygen atoms in total. The third-order valence-corrected chi connectivity index (χ3v) is 3.74. The van der Waals surface area contributed by atoms with E-state index in [2.05, 4.69) is 30.9 Å². The number of rotatable bonds is 5. The van der Waals surface area contributed by atoms with Crippen molar-refractivity contribution in [1.82, 2.24) is 15.0 Å². The third kappa shape index (κ3) is 2.72. The Hall–Kier alpha value is -0.550. The van der Waals surface area contributed by atoms with Gasteiger partial charge in [0.1, 0.15) is 17.0 Å². The van der Waals surface area contributed by atoms with E-state index in [4.69, 9.17) is 0 Å². The predicted octanol–water partition coefficient (Wildman–Crippen LogP) is 3.23. The van der Waals surface area contributed by atoms with Crippen LogP contribution in [0.4, 0.5) is 0 Å². The van der Waals surface area contributed by atoms with Crippen LogP contribution in [-0.2, 0) is 0 Å². The van der Waals surface area contributed by atoms with Crippen LogP contribution in [0.5, 0.6) is 0 Å². The maximum absolute atomic E-state index is 4.30. The number of H-pyrrole nitrogens is 1. The van der Waals surface area contributed by atoms with E-state index in [9.17, 15) is 0 Å². The smallest absolute Gasteiger partial charge is 0.141 e. The number of aromatic nitrogens is 3. The van der Waals surface area contributed by atoms with Crippen LogP contribution < -0.4 is 0 Å². The second kappa shape index (κ2) is 5.51. The largest absolute Gasteiger partial charge is 0.346 e. The van der Waals surface area contributed by atoms with E-state index >= 15 is 0 Å². The molecule has 0 bridgehead atoms. The van der Waals surface area contributed by atoms with Gasteiger partial charge in [-0.05, 0) is 24.7 Å². The molecule has 0 aromatic carbocycles. The molecule has 0 aliphatic heterocycles. The molecule has 2 aromatic heterocycles. The molecule has 0 unspecified atom stereocenters. The number of hydrogen-bond donors (Lipinski definition) is 1. The van der Waals surface area contributed by atoms with Gasteiger partial charge in [-0.15, -0.1) is 11.8 Å². The lowest BCUT2D eigenvalue weighted by Gasteiger charge is -2.00. The topological polar surface area (TPSA) is 41.6 Å². The van der Waals surface area contributed by atoms with Gasteiger partial charge in [0.05, 0.1) is 5.39 Å². The zero-order valence-electron chi connectivity index (χ0n) is 8.24. The van der Waals surface area contributed by atoms with Crippen LogP contribution in [0.2, 0.25) is 0 Å². The second-order valence-corrected chi connectivity index (χ2v) is 5.04. The highest BCUT2D eigenvalue weighted by Crippen LogP contribution is 2.24. The van der Waals surface area contributed by atoms with Crippen LogP contribution in [0.3, 0.4) is 0 Å². The number of alkyl halides is 1. The summed E-state index contributed by atoms with van der Waals surface area (Å²) in [6.07, 6.45) is 5.95. The molecule has 80 valence electrons. The lowest BCUT2D eigenvalue weighted by molar-refractivity contribution is 0.911. The van der Waals surface area contributed by atoms with Crippen LogP contribution in [0.25, 0.3) is 11.0 Å². The van der Waals surface area contributed by atoms with Crippen LogP contribution in [-0.4, -0.2) is 26.0 Å². The lowest BCUT2D eigenvalue weighted by atomic mass is 10.4. The van der Waals surface area contributed by atoms with Gasteiger partial charge >= 0.3 is 0 Å². The Morgan fingerprint density at radius 1 is 1.33 bits per heavy atom. The zero-order valence-corrected chi connectivity index (χ0v) is 10.6. The van der Waals surface area contributed by atoms with Gasteiger partial charge < -0.3 is 4.98 Å². The molecule has 0 saturated heterocycles. The molecular weight excluding hydrogens is 274 g/mol. The van der Waals surface area contributed by atoms with E-state index in [1.165, 1.54) is 12.8 Å². The van der Waals surface area contributed by atoms with Crippen LogP contribution in [0.1, 0.15) is 12.8 Å². The SMILES string of the molecule is BrCCCCSc1ncnc2[nH]ccc12. The molecule has 2 heterocycles. The number of unbranched alkanes of at least 4 members (excludes halogenated alkanes) is 1. The number of aromatic amines is 1. The molecular formula is C10H12BrN3S. The normalized spacial score (nSPS) is 11.0. The van der Waals surface area contributed by atoms with Gasteiger partial charge in [0.15, 0.2) is 0 Å². The number of thioether (sulfide) groups is 1. The van der Waals surface area contributed by atoms with Gasteiger partial charge in [-0.25, -0.2) is 9.97 Å². The fraction of sp³-hybridized carbons (Fsp3) is 0.400. The van der Waals surface area contributed by atoms with Crippen molar-refractivity contribution in [1.29, 1.82) is 0 Å².